The Bertz CT molecular complexity index is 1260. The smallest absolute Gasteiger partial charge is 0.254 e. The highest BCUT2D eigenvalue weighted by Crippen LogP contribution is 2.36. The van der Waals surface area contributed by atoms with Crippen LogP contribution in [0.5, 0.6) is 28.9 Å². The van der Waals surface area contributed by atoms with Crippen molar-refractivity contribution in [2.45, 2.75) is 13.0 Å². The second kappa shape index (κ2) is 10.9. The number of hydrogen-bond acceptors (Lipinski definition) is 9. The third kappa shape index (κ3) is 5.24. The lowest BCUT2D eigenvalue weighted by atomic mass is 10.0. The lowest BCUT2D eigenvalue weighted by Gasteiger charge is -2.32. The van der Waals surface area contributed by atoms with Crippen molar-refractivity contribution in [1.29, 1.82) is 0 Å². The van der Waals surface area contributed by atoms with Crippen LogP contribution in [-0.4, -0.2) is 75.0 Å². The van der Waals surface area contributed by atoms with Crippen molar-refractivity contribution in [2.24, 2.45) is 0 Å². The molecule has 2 aliphatic heterocycles. The minimum absolute atomic E-state index is 0.136. The Hall–Kier alpha value is -4.05. The lowest BCUT2D eigenvalue weighted by Crippen LogP contribution is -2.39. The van der Waals surface area contributed by atoms with E-state index in [4.69, 9.17) is 33.7 Å². The summed E-state index contributed by atoms with van der Waals surface area (Å²) in [6.07, 6.45) is 0.574. The van der Waals surface area contributed by atoms with E-state index in [2.05, 4.69) is 4.90 Å². The van der Waals surface area contributed by atoms with Crippen molar-refractivity contribution in [1.82, 2.24) is 14.9 Å². The molecule has 5 rings (SSSR count). The average Bonchev–Trinajstić information content (AvgIpc) is 2.96. The van der Waals surface area contributed by atoms with Gasteiger partial charge in [-0.3, -0.25) is 4.79 Å². The standard InChI is InChI=1S/C27H30N4O6/c1-33-19-14-18(15-20(16-19)34-2)26(32)31-9-8-22-21(17-31)25(37-24-7-5-4-6-23(24)35-3)29-27(28-22)30-10-12-36-13-11-30/h4-7,14-16H,8-13,17H2,1-3H3. The molecule has 37 heavy (non-hydrogen) atoms. The van der Waals surface area contributed by atoms with E-state index in [-0.39, 0.29) is 5.91 Å². The SMILES string of the molecule is COc1cc(OC)cc(C(=O)N2CCc3nc(N4CCOCC4)nc(Oc4ccccc4OC)c3C2)c1. The molecule has 0 N–H and O–H groups in total. The number of ether oxygens (including phenoxy) is 5. The van der Waals surface area contributed by atoms with Crippen molar-refractivity contribution in [3.63, 3.8) is 0 Å². The summed E-state index contributed by atoms with van der Waals surface area (Å²) >= 11 is 0. The van der Waals surface area contributed by atoms with E-state index in [0.717, 1.165) is 11.3 Å². The van der Waals surface area contributed by atoms with Crippen LogP contribution in [-0.2, 0) is 17.7 Å². The van der Waals surface area contributed by atoms with E-state index in [1.54, 1.807) is 44.4 Å². The highest BCUT2D eigenvalue weighted by molar-refractivity contribution is 5.95. The summed E-state index contributed by atoms with van der Waals surface area (Å²) in [5, 5.41) is 0. The fourth-order valence-electron chi connectivity index (χ4n) is 4.45. The summed E-state index contributed by atoms with van der Waals surface area (Å²) in [5.74, 6) is 3.12. The number of fused-ring (bicyclic) bond motifs is 1. The molecule has 1 fully saturated rings. The third-order valence-corrected chi connectivity index (χ3v) is 6.47. The molecule has 0 bridgehead atoms. The zero-order chi connectivity index (χ0) is 25.8. The Labute approximate surface area is 215 Å². The number of anilines is 1. The molecule has 1 amide bonds. The van der Waals surface area contributed by atoms with Crippen molar-refractivity contribution >= 4 is 11.9 Å². The highest BCUT2D eigenvalue weighted by atomic mass is 16.5. The van der Waals surface area contributed by atoms with E-state index in [9.17, 15) is 4.79 Å². The van der Waals surface area contributed by atoms with E-state index in [1.807, 2.05) is 24.3 Å². The number of aromatic nitrogens is 2. The summed E-state index contributed by atoms with van der Waals surface area (Å²) in [6, 6.07) is 12.6. The van der Waals surface area contributed by atoms with Crippen LogP contribution < -0.4 is 23.8 Å². The molecule has 0 aliphatic carbocycles. The topological polar surface area (TPSA) is 95.5 Å². The minimum Gasteiger partial charge on any atom is -0.497 e. The van der Waals surface area contributed by atoms with E-state index in [0.29, 0.717) is 86.2 Å². The normalized spacial score (nSPS) is 15.1. The molecule has 1 aromatic heterocycles. The van der Waals surface area contributed by atoms with Crippen LogP contribution in [0.2, 0.25) is 0 Å². The summed E-state index contributed by atoms with van der Waals surface area (Å²) in [7, 11) is 4.72. The van der Waals surface area contributed by atoms with Gasteiger partial charge in [0.1, 0.15) is 11.5 Å². The van der Waals surface area contributed by atoms with Crippen molar-refractivity contribution in [2.75, 3.05) is 59.1 Å². The van der Waals surface area contributed by atoms with Gasteiger partial charge in [0.2, 0.25) is 11.8 Å². The quantitative estimate of drug-likeness (QED) is 0.478. The number of morpholine rings is 1. The molecule has 0 spiro atoms. The summed E-state index contributed by atoms with van der Waals surface area (Å²) in [6.45, 7) is 3.47. The van der Waals surface area contributed by atoms with Gasteiger partial charge in [-0.2, -0.15) is 4.98 Å². The monoisotopic (exact) mass is 506 g/mol. The van der Waals surface area contributed by atoms with Crippen LogP contribution in [0.4, 0.5) is 5.95 Å². The zero-order valence-electron chi connectivity index (χ0n) is 21.2. The molecule has 0 radical (unpaired) electrons. The molecule has 3 aromatic rings. The van der Waals surface area contributed by atoms with Crippen LogP contribution in [0, 0.1) is 0 Å². The molecular weight excluding hydrogens is 476 g/mol. The number of nitrogens with zero attached hydrogens (tertiary/aromatic N) is 4. The van der Waals surface area contributed by atoms with Crippen LogP contribution in [0.15, 0.2) is 42.5 Å². The Morgan fingerprint density at radius 2 is 1.59 bits per heavy atom. The molecule has 0 unspecified atom stereocenters. The Balaban J connectivity index is 1.50. The van der Waals surface area contributed by atoms with Gasteiger partial charge in [0.05, 0.1) is 52.3 Å². The van der Waals surface area contributed by atoms with E-state index < -0.39 is 0 Å². The van der Waals surface area contributed by atoms with Gasteiger partial charge in [-0.05, 0) is 24.3 Å². The first kappa shape index (κ1) is 24.6. The zero-order valence-corrected chi connectivity index (χ0v) is 21.2. The number of methoxy groups -OCH3 is 3. The fourth-order valence-corrected chi connectivity index (χ4v) is 4.45. The van der Waals surface area contributed by atoms with Crippen LogP contribution in [0.3, 0.4) is 0 Å². The van der Waals surface area contributed by atoms with Gasteiger partial charge in [-0.15, -0.1) is 0 Å². The van der Waals surface area contributed by atoms with Gasteiger partial charge < -0.3 is 33.5 Å². The molecule has 194 valence electrons. The summed E-state index contributed by atoms with van der Waals surface area (Å²) in [4.78, 5) is 27.1. The molecular formula is C27H30N4O6. The maximum absolute atomic E-state index is 13.5. The van der Waals surface area contributed by atoms with Gasteiger partial charge in [0.15, 0.2) is 11.5 Å². The number of benzene rings is 2. The van der Waals surface area contributed by atoms with Gasteiger partial charge >= 0.3 is 0 Å². The van der Waals surface area contributed by atoms with Crippen LogP contribution in [0.25, 0.3) is 0 Å². The first-order valence-corrected chi connectivity index (χ1v) is 12.1. The number of carbonyl (C=O) groups is 1. The van der Waals surface area contributed by atoms with Gasteiger partial charge in [0, 0.05) is 37.7 Å². The lowest BCUT2D eigenvalue weighted by molar-refractivity contribution is 0.0731. The Morgan fingerprint density at radius 3 is 2.27 bits per heavy atom. The highest BCUT2D eigenvalue weighted by Gasteiger charge is 2.29. The van der Waals surface area contributed by atoms with Crippen molar-refractivity contribution in [3.05, 3.63) is 59.3 Å². The third-order valence-electron chi connectivity index (χ3n) is 6.47. The Morgan fingerprint density at radius 1 is 0.892 bits per heavy atom. The molecule has 0 saturated carbocycles. The van der Waals surface area contributed by atoms with Crippen molar-refractivity contribution in [3.8, 4) is 28.9 Å². The second-order valence-corrected chi connectivity index (χ2v) is 8.68. The van der Waals surface area contributed by atoms with Crippen molar-refractivity contribution < 1.29 is 28.5 Å². The predicted octanol–water partition coefficient (Wildman–Crippen LogP) is 3.33. The first-order valence-electron chi connectivity index (χ1n) is 12.1. The summed E-state index contributed by atoms with van der Waals surface area (Å²) in [5.41, 5.74) is 2.13. The average molecular weight is 507 g/mol. The minimum atomic E-state index is -0.136. The predicted molar refractivity (Wildman–Crippen MR) is 136 cm³/mol. The molecule has 2 aliphatic rings. The second-order valence-electron chi connectivity index (χ2n) is 8.68. The number of rotatable bonds is 7. The number of carbonyl (C=O) groups excluding carboxylic acids is 1. The van der Waals surface area contributed by atoms with Crippen LogP contribution >= 0.6 is 0 Å². The molecule has 0 atom stereocenters. The van der Waals surface area contributed by atoms with Gasteiger partial charge in [-0.1, -0.05) is 12.1 Å². The molecule has 10 heteroatoms. The number of amides is 1. The van der Waals surface area contributed by atoms with E-state index >= 15 is 0 Å². The van der Waals surface area contributed by atoms with Gasteiger partial charge in [0.25, 0.3) is 5.91 Å². The van der Waals surface area contributed by atoms with E-state index in [1.165, 1.54) is 0 Å². The van der Waals surface area contributed by atoms with Crippen LogP contribution in [0.1, 0.15) is 21.6 Å². The number of para-hydroxylation sites is 2. The molecule has 1 saturated heterocycles. The fraction of sp³-hybridized carbons (Fsp3) is 0.370. The Kier molecular flexibility index (Phi) is 7.27. The maximum atomic E-state index is 13.5. The van der Waals surface area contributed by atoms with Gasteiger partial charge in [-0.25, -0.2) is 4.98 Å². The maximum Gasteiger partial charge on any atom is 0.254 e. The molecule has 10 nitrogen and oxygen atoms in total. The summed E-state index contributed by atoms with van der Waals surface area (Å²) < 4.78 is 28.0. The molecule has 3 heterocycles. The largest absolute Gasteiger partial charge is 0.497 e. The number of hydrogen-bond donors (Lipinski definition) is 0. The molecule has 2 aromatic carbocycles. The first-order chi connectivity index (χ1) is 18.1.